The number of rotatable bonds is 0. The van der Waals surface area contributed by atoms with Crippen LogP contribution in [-0.4, -0.2) is 154 Å². The summed E-state index contributed by atoms with van der Waals surface area (Å²) in [6.45, 7) is 59.0. The molecule has 10 fully saturated rings. The molecule has 10 rings (SSSR count). The lowest BCUT2D eigenvalue weighted by atomic mass is 10.2. The molecule has 10 aliphatic heterocycles. The van der Waals surface area contributed by atoms with Gasteiger partial charge in [0.05, 0.1) is 32.4 Å². The standard InChI is InChI=1S/C6H13N.C6H12O.C5H11N.C5H10O.C4H9NO.C4H7NO.C4H8O2.C4H8OS.C4H8O.C4H8S.10C2H6/c2*1-2-4-6-7-5-3-1;2*1-2-4-6-5-3-1;1-3-6-4-2-5-1;6-4-2-1-3-5-4;2*1-2-5-4-6-3-1;2*1-2-4-5-3-1;10*1-2/h7H,1-6H2;1-6H2;6H,1-5H2;1-5H2;5H,1-4H2;1-3H2,(H,5,6);2*1-4H2;2*1-4H2;10*1-2H3. The Morgan fingerprint density at radius 3 is 0.725 bits per heavy atom. The first-order valence-corrected chi connectivity index (χ1v) is 36.8. The molecule has 10 heterocycles. The lowest BCUT2D eigenvalue weighted by molar-refractivity contribution is -0.119. The van der Waals surface area contributed by atoms with Gasteiger partial charge in [0, 0.05) is 72.3 Å². The van der Waals surface area contributed by atoms with E-state index in [1.54, 1.807) is 0 Å². The summed E-state index contributed by atoms with van der Waals surface area (Å²) in [6, 6.07) is 0. The van der Waals surface area contributed by atoms with E-state index < -0.39 is 0 Å². The van der Waals surface area contributed by atoms with E-state index >= 15 is 0 Å². The van der Waals surface area contributed by atoms with Crippen LogP contribution >= 0.6 is 23.5 Å². The van der Waals surface area contributed by atoms with Crippen molar-refractivity contribution in [2.75, 3.05) is 148 Å². The van der Waals surface area contributed by atoms with E-state index in [0.717, 1.165) is 118 Å². The van der Waals surface area contributed by atoms with Crippen molar-refractivity contribution >= 4 is 29.4 Å². The molecule has 4 N–H and O–H groups in total. The number of carbonyl (C=O) groups is 1. The lowest BCUT2D eigenvalue weighted by Gasteiger charge is -2.10. The smallest absolute Gasteiger partial charge is 0.220 e. The van der Waals surface area contributed by atoms with Gasteiger partial charge in [-0.2, -0.15) is 11.8 Å². The number of thioether (sulfide) groups is 2. The van der Waals surface area contributed by atoms with Crippen molar-refractivity contribution in [1.29, 1.82) is 0 Å². The monoisotopic (exact) mass is 1200 g/mol. The van der Waals surface area contributed by atoms with Crippen LogP contribution in [0.5, 0.6) is 0 Å². The summed E-state index contributed by atoms with van der Waals surface area (Å²) in [4.78, 5) is 10.1. The third kappa shape index (κ3) is 124. The molecule has 0 atom stereocenters. The van der Waals surface area contributed by atoms with Crippen LogP contribution in [0.4, 0.5) is 0 Å². The summed E-state index contributed by atoms with van der Waals surface area (Å²) in [7, 11) is 0. The van der Waals surface area contributed by atoms with E-state index in [2.05, 4.69) is 33.0 Å². The number of piperidine rings is 1. The zero-order chi connectivity index (χ0) is 62.6. The molecule has 0 spiro atoms. The maximum atomic E-state index is 10.1. The summed E-state index contributed by atoms with van der Waals surface area (Å²) >= 11 is 3.95. The van der Waals surface area contributed by atoms with Crippen LogP contribution in [0.3, 0.4) is 0 Å². The first kappa shape index (κ1) is 102. The third-order valence-electron chi connectivity index (χ3n) is 9.96. The van der Waals surface area contributed by atoms with Gasteiger partial charge in [0.25, 0.3) is 0 Å². The first-order valence-electron chi connectivity index (χ1n) is 34.5. The van der Waals surface area contributed by atoms with Crippen LogP contribution in [0.15, 0.2) is 0 Å². The van der Waals surface area contributed by atoms with Gasteiger partial charge in [0.15, 0.2) is 0 Å². The summed E-state index contributed by atoms with van der Waals surface area (Å²) in [6.07, 6.45) is 28.6. The van der Waals surface area contributed by atoms with Crippen LogP contribution in [0.1, 0.15) is 280 Å². The van der Waals surface area contributed by atoms with Crippen LogP contribution < -0.4 is 21.3 Å². The Labute approximate surface area is 514 Å². The average Bonchev–Trinajstić information content (AvgIpc) is 4.41. The Bertz CT molecular complexity index is 595. The Balaban J connectivity index is -0.0000000822. The second-order valence-electron chi connectivity index (χ2n) is 15.7. The Hall–Kier alpha value is -0.230. The molecule has 0 aromatic heterocycles. The Morgan fingerprint density at radius 1 is 0.263 bits per heavy atom. The van der Waals surface area contributed by atoms with Crippen LogP contribution in [0, 0.1) is 0 Å². The van der Waals surface area contributed by atoms with Crippen molar-refractivity contribution in [1.82, 2.24) is 21.3 Å². The number of nitrogens with one attached hydrogen (secondary N) is 4. The van der Waals surface area contributed by atoms with Crippen LogP contribution in [0.2, 0.25) is 0 Å². The molecule has 14 heteroatoms. The van der Waals surface area contributed by atoms with E-state index in [9.17, 15) is 4.79 Å². The Morgan fingerprint density at radius 2 is 0.562 bits per heavy atom. The van der Waals surface area contributed by atoms with Gasteiger partial charge in [0.1, 0.15) is 6.79 Å². The minimum Gasteiger partial charge on any atom is -0.381 e. The Kier molecular flexibility index (Phi) is 164. The molecular weight excluding hydrogens is 1040 g/mol. The fourth-order valence-electron chi connectivity index (χ4n) is 6.31. The molecule has 10 aliphatic rings. The largest absolute Gasteiger partial charge is 0.381 e. The number of carbonyl (C=O) groups excluding carboxylic acids is 1. The summed E-state index contributed by atoms with van der Waals surface area (Å²) in [5.74, 6) is 5.25. The van der Waals surface area contributed by atoms with Crippen LogP contribution in [0.25, 0.3) is 0 Å². The molecule has 0 aliphatic carbocycles. The van der Waals surface area contributed by atoms with E-state index in [4.69, 9.17) is 33.2 Å². The zero-order valence-corrected chi connectivity index (χ0v) is 60.0. The van der Waals surface area contributed by atoms with E-state index in [1.165, 1.54) is 165 Å². The van der Waals surface area contributed by atoms with Gasteiger partial charge in [-0.25, -0.2) is 0 Å². The quantitative estimate of drug-likeness (QED) is 0.184. The summed E-state index contributed by atoms with van der Waals surface area (Å²) in [5.41, 5.74) is 0. The number of amides is 1. The fourth-order valence-corrected chi connectivity index (χ4v) is 8.01. The van der Waals surface area contributed by atoms with Gasteiger partial charge >= 0.3 is 0 Å². The molecule has 498 valence electrons. The molecule has 0 unspecified atom stereocenters. The molecule has 0 bridgehead atoms. The zero-order valence-electron chi connectivity index (χ0n) is 58.4. The molecule has 0 saturated carbocycles. The predicted molar refractivity (Wildman–Crippen MR) is 367 cm³/mol. The molecule has 0 aromatic rings. The number of hydrogen-bond donors (Lipinski definition) is 4. The number of hydrogen-bond acceptors (Lipinski definition) is 13. The second-order valence-corrected chi connectivity index (χ2v) is 18.0. The maximum Gasteiger partial charge on any atom is 0.220 e. The number of ether oxygens (including phenoxy) is 7. The van der Waals surface area contributed by atoms with Crippen molar-refractivity contribution in [2.45, 2.75) is 280 Å². The summed E-state index contributed by atoms with van der Waals surface area (Å²) < 4.78 is 34.9. The highest BCUT2D eigenvalue weighted by atomic mass is 32.2. The van der Waals surface area contributed by atoms with Crippen molar-refractivity contribution in [2.24, 2.45) is 0 Å². The lowest BCUT2D eigenvalue weighted by Crippen LogP contribution is -2.30. The van der Waals surface area contributed by atoms with Crippen molar-refractivity contribution in [3.05, 3.63) is 0 Å². The second kappa shape index (κ2) is 129. The molecule has 0 aromatic carbocycles. The molecule has 0 radical (unpaired) electrons. The minimum absolute atomic E-state index is 0.204. The summed E-state index contributed by atoms with van der Waals surface area (Å²) in [5, 5.41) is 12.5. The third-order valence-corrected chi connectivity index (χ3v) is 12.0. The van der Waals surface area contributed by atoms with Crippen molar-refractivity contribution < 1.29 is 38.0 Å². The minimum atomic E-state index is 0.204. The topological polar surface area (TPSA) is 130 Å². The highest BCUT2D eigenvalue weighted by Crippen LogP contribution is 2.15. The molecule has 1 amide bonds. The van der Waals surface area contributed by atoms with Gasteiger partial charge < -0.3 is 54.4 Å². The van der Waals surface area contributed by atoms with Crippen LogP contribution in [-0.2, 0) is 38.0 Å². The molecule has 10 saturated heterocycles. The SMILES string of the molecule is C1CCCNCC1.C1CCCOCC1.C1CCNCC1.C1CCOC1.C1CCOCC1.C1CCSC1.C1COCCN1.C1COCOC1.C1COCSC1.CC.CC.CC.CC.CC.CC.CC.CC.CC.CC.O=C1CCCN1. The van der Waals surface area contributed by atoms with Gasteiger partial charge in [-0.15, -0.1) is 11.8 Å². The van der Waals surface area contributed by atoms with Crippen molar-refractivity contribution in [3.63, 3.8) is 0 Å². The van der Waals surface area contributed by atoms with Gasteiger partial charge in [-0.05, 0) is 146 Å². The fraction of sp³-hybridized carbons (Fsp3) is 0.985. The van der Waals surface area contributed by atoms with E-state index in [0.29, 0.717) is 6.79 Å². The maximum absolute atomic E-state index is 10.1. The van der Waals surface area contributed by atoms with Gasteiger partial charge in [-0.3, -0.25) is 4.79 Å². The molecule has 12 nitrogen and oxygen atoms in total. The highest BCUT2D eigenvalue weighted by Gasteiger charge is 2.05. The van der Waals surface area contributed by atoms with Crippen molar-refractivity contribution in [3.8, 4) is 0 Å². The normalized spacial score (nSPS) is 18.5. The van der Waals surface area contributed by atoms with Gasteiger partial charge in [-0.1, -0.05) is 171 Å². The predicted octanol–water partition coefficient (Wildman–Crippen LogP) is 18.2. The van der Waals surface area contributed by atoms with E-state index in [1.807, 2.05) is 150 Å². The number of morpholine rings is 1. The molecule has 80 heavy (non-hydrogen) atoms. The molecular formula is C66H154N4O8S2. The van der Waals surface area contributed by atoms with E-state index in [-0.39, 0.29) is 5.91 Å². The average molecular weight is 1200 g/mol. The first-order chi connectivity index (χ1) is 39.9. The van der Waals surface area contributed by atoms with Gasteiger partial charge in [0.2, 0.25) is 5.91 Å². The highest BCUT2D eigenvalue weighted by molar-refractivity contribution is 7.99.